The third kappa shape index (κ3) is 7.05. The lowest BCUT2D eigenvalue weighted by molar-refractivity contribution is 1.38. The SMILES string of the molecule is N#CC(=Nc1ccccc1)/C(C#N)=C/C=CC=C/C(C#N)=C(\C#N)Nc1ccccc1. The maximum absolute atomic E-state index is 9.35. The first-order valence-corrected chi connectivity index (χ1v) is 9.07. The molecule has 146 valence electrons. The van der Waals surface area contributed by atoms with Gasteiger partial charge in [-0.05, 0) is 36.4 Å². The summed E-state index contributed by atoms with van der Waals surface area (Å²) in [6, 6.07) is 25.8. The highest BCUT2D eigenvalue weighted by Crippen LogP contribution is 2.13. The van der Waals surface area contributed by atoms with Crippen LogP contribution in [0.5, 0.6) is 0 Å². The van der Waals surface area contributed by atoms with Gasteiger partial charge in [0.2, 0.25) is 0 Å². The van der Waals surface area contributed by atoms with Crippen molar-refractivity contribution in [2.45, 2.75) is 0 Å². The molecular formula is C25H16N6. The Labute approximate surface area is 180 Å². The fraction of sp³-hybridized carbons (Fsp3) is 0. The molecule has 6 nitrogen and oxygen atoms in total. The van der Waals surface area contributed by atoms with E-state index in [1.165, 1.54) is 12.2 Å². The first kappa shape index (κ1) is 22.1. The number of aliphatic imine (C=N–C) groups is 1. The van der Waals surface area contributed by atoms with Gasteiger partial charge in [-0.3, -0.25) is 0 Å². The second-order valence-electron chi connectivity index (χ2n) is 5.85. The number of benzene rings is 2. The molecular weight excluding hydrogens is 384 g/mol. The van der Waals surface area contributed by atoms with Gasteiger partial charge in [0, 0.05) is 5.69 Å². The van der Waals surface area contributed by atoms with Crippen LogP contribution in [-0.2, 0) is 0 Å². The Morgan fingerprint density at radius 1 is 0.742 bits per heavy atom. The molecule has 0 aliphatic rings. The van der Waals surface area contributed by atoms with Gasteiger partial charge < -0.3 is 5.32 Å². The highest BCUT2D eigenvalue weighted by atomic mass is 14.9. The van der Waals surface area contributed by atoms with Gasteiger partial charge in [-0.1, -0.05) is 54.6 Å². The molecule has 2 aromatic rings. The fourth-order valence-electron chi connectivity index (χ4n) is 2.31. The summed E-state index contributed by atoms with van der Waals surface area (Å²) in [5, 5.41) is 40.3. The maximum Gasteiger partial charge on any atom is 0.158 e. The van der Waals surface area contributed by atoms with E-state index in [1.807, 2.05) is 48.5 Å². The molecule has 0 saturated heterocycles. The normalized spacial score (nSPS) is 12.4. The monoisotopic (exact) mass is 400 g/mol. The highest BCUT2D eigenvalue weighted by Gasteiger charge is 2.05. The quantitative estimate of drug-likeness (QED) is 0.386. The third-order valence-electron chi connectivity index (χ3n) is 3.77. The Bertz CT molecular complexity index is 1220. The van der Waals surface area contributed by atoms with Gasteiger partial charge in [0.1, 0.15) is 30.0 Å². The van der Waals surface area contributed by atoms with Crippen molar-refractivity contribution in [2.24, 2.45) is 4.99 Å². The molecule has 0 unspecified atom stereocenters. The van der Waals surface area contributed by atoms with E-state index in [0.29, 0.717) is 11.4 Å². The Morgan fingerprint density at radius 2 is 1.42 bits per heavy atom. The van der Waals surface area contributed by atoms with Crippen LogP contribution in [-0.4, -0.2) is 5.71 Å². The second kappa shape index (κ2) is 12.3. The van der Waals surface area contributed by atoms with Crippen molar-refractivity contribution < 1.29 is 0 Å². The van der Waals surface area contributed by atoms with E-state index in [9.17, 15) is 21.0 Å². The van der Waals surface area contributed by atoms with Crippen molar-refractivity contribution in [3.8, 4) is 24.3 Å². The standard InChI is InChI=1S/C25H16N6/c26-16-20(24(18-28)30-22-12-6-2-7-13-22)10-4-1-5-11-21(17-27)25(19-29)31-23-14-8-3-9-15-23/h1-15,30H/b5-1?,10-4?,21-11+,24-20-,31-25?. The summed E-state index contributed by atoms with van der Waals surface area (Å²) < 4.78 is 0. The molecule has 0 aromatic heterocycles. The molecule has 31 heavy (non-hydrogen) atoms. The number of nitrogens with zero attached hydrogens (tertiary/aromatic N) is 5. The minimum Gasteiger partial charge on any atom is -0.346 e. The molecule has 2 rings (SSSR count). The van der Waals surface area contributed by atoms with Crippen LogP contribution in [0.2, 0.25) is 0 Å². The average molecular weight is 400 g/mol. The topological polar surface area (TPSA) is 120 Å². The number of nitriles is 4. The second-order valence-corrected chi connectivity index (χ2v) is 5.85. The van der Waals surface area contributed by atoms with Crippen LogP contribution in [0.15, 0.2) is 113 Å². The Kier molecular flexibility index (Phi) is 8.79. The van der Waals surface area contributed by atoms with Gasteiger partial charge in [0.05, 0.1) is 16.8 Å². The van der Waals surface area contributed by atoms with E-state index in [4.69, 9.17) is 0 Å². The molecule has 0 radical (unpaired) electrons. The zero-order valence-electron chi connectivity index (χ0n) is 16.4. The molecule has 0 spiro atoms. The van der Waals surface area contributed by atoms with E-state index < -0.39 is 0 Å². The first-order chi connectivity index (χ1) is 15.2. The van der Waals surface area contributed by atoms with Crippen LogP contribution in [0.3, 0.4) is 0 Å². The lowest BCUT2D eigenvalue weighted by Crippen LogP contribution is -1.99. The van der Waals surface area contributed by atoms with Crippen molar-refractivity contribution in [3.63, 3.8) is 0 Å². The molecule has 1 N–H and O–H groups in total. The molecule has 0 heterocycles. The number of hydrogen-bond acceptors (Lipinski definition) is 6. The minimum absolute atomic E-state index is 0.00114. The van der Waals surface area contributed by atoms with Crippen molar-refractivity contribution in [2.75, 3.05) is 5.32 Å². The summed E-state index contributed by atoms with van der Waals surface area (Å²) in [4.78, 5) is 4.18. The Balaban J connectivity index is 2.18. The van der Waals surface area contributed by atoms with Crippen LogP contribution in [0.25, 0.3) is 0 Å². The number of anilines is 1. The van der Waals surface area contributed by atoms with Crippen LogP contribution < -0.4 is 5.32 Å². The largest absolute Gasteiger partial charge is 0.346 e. The Hall–Kier alpha value is -5.17. The molecule has 6 heteroatoms. The molecule has 0 aliphatic carbocycles. The van der Waals surface area contributed by atoms with E-state index >= 15 is 0 Å². The summed E-state index contributed by atoms with van der Waals surface area (Å²) in [5.41, 5.74) is 1.65. The minimum atomic E-state index is -0.00114. The molecule has 0 saturated carbocycles. The van der Waals surface area contributed by atoms with Crippen molar-refractivity contribution in [3.05, 3.63) is 108 Å². The van der Waals surface area contributed by atoms with E-state index in [2.05, 4.69) is 10.3 Å². The molecule has 0 bridgehead atoms. The zero-order valence-corrected chi connectivity index (χ0v) is 16.4. The van der Waals surface area contributed by atoms with Crippen LogP contribution in [0, 0.1) is 45.3 Å². The number of hydrogen-bond donors (Lipinski definition) is 1. The van der Waals surface area contributed by atoms with Crippen molar-refractivity contribution >= 4 is 17.1 Å². The van der Waals surface area contributed by atoms with Crippen molar-refractivity contribution in [1.82, 2.24) is 0 Å². The molecule has 2 aromatic carbocycles. The van der Waals surface area contributed by atoms with Crippen LogP contribution >= 0.6 is 0 Å². The average Bonchev–Trinajstić information content (AvgIpc) is 2.82. The van der Waals surface area contributed by atoms with Gasteiger partial charge in [-0.25, -0.2) is 4.99 Å². The lowest BCUT2D eigenvalue weighted by Gasteiger charge is -2.04. The van der Waals surface area contributed by atoms with Gasteiger partial charge in [0.25, 0.3) is 0 Å². The van der Waals surface area contributed by atoms with Gasteiger partial charge in [-0.2, -0.15) is 21.0 Å². The summed E-state index contributed by atoms with van der Waals surface area (Å²) in [6.45, 7) is 0. The first-order valence-electron chi connectivity index (χ1n) is 9.07. The summed E-state index contributed by atoms with van der Waals surface area (Å²) in [6.07, 6.45) is 7.64. The lowest BCUT2D eigenvalue weighted by atomic mass is 10.1. The number of para-hydroxylation sites is 2. The number of nitrogens with one attached hydrogen (secondary N) is 1. The van der Waals surface area contributed by atoms with Crippen molar-refractivity contribution in [1.29, 1.82) is 21.0 Å². The zero-order chi connectivity index (χ0) is 22.3. The molecule has 0 atom stereocenters. The molecule has 0 aliphatic heterocycles. The number of allylic oxidation sites excluding steroid dienone is 8. The highest BCUT2D eigenvalue weighted by molar-refractivity contribution is 6.15. The summed E-state index contributed by atoms with van der Waals surface area (Å²) in [5.74, 6) is 0. The van der Waals surface area contributed by atoms with Crippen LogP contribution in [0.1, 0.15) is 0 Å². The van der Waals surface area contributed by atoms with E-state index in [-0.39, 0.29) is 22.6 Å². The predicted molar refractivity (Wildman–Crippen MR) is 119 cm³/mol. The Morgan fingerprint density at radius 3 is 2.00 bits per heavy atom. The fourth-order valence-corrected chi connectivity index (χ4v) is 2.31. The third-order valence-corrected chi connectivity index (χ3v) is 3.77. The molecule has 0 amide bonds. The smallest absolute Gasteiger partial charge is 0.158 e. The van der Waals surface area contributed by atoms with E-state index in [1.54, 1.807) is 54.6 Å². The van der Waals surface area contributed by atoms with E-state index in [0.717, 1.165) is 0 Å². The predicted octanol–water partition coefficient (Wildman–Crippen LogP) is 5.26. The summed E-state index contributed by atoms with van der Waals surface area (Å²) in [7, 11) is 0. The van der Waals surface area contributed by atoms with Gasteiger partial charge in [-0.15, -0.1) is 0 Å². The summed E-state index contributed by atoms with van der Waals surface area (Å²) >= 11 is 0. The molecule has 0 fully saturated rings. The van der Waals surface area contributed by atoms with Gasteiger partial charge in [0.15, 0.2) is 5.71 Å². The maximum atomic E-state index is 9.35. The van der Waals surface area contributed by atoms with Crippen LogP contribution in [0.4, 0.5) is 11.4 Å². The van der Waals surface area contributed by atoms with Gasteiger partial charge >= 0.3 is 0 Å². The number of rotatable bonds is 7.